The molecule has 8 heteroatoms. The Morgan fingerprint density at radius 1 is 1.09 bits per heavy atom. The molecule has 120 valence electrons. The van der Waals surface area contributed by atoms with Gasteiger partial charge in [-0.15, -0.1) is 11.8 Å². The zero-order valence-electron chi connectivity index (χ0n) is 12.2. The third-order valence-corrected chi connectivity index (χ3v) is 3.98. The van der Waals surface area contributed by atoms with Gasteiger partial charge in [-0.25, -0.2) is 4.98 Å². The van der Waals surface area contributed by atoms with E-state index in [0.717, 1.165) is 4.90 Å². The third kappa shape index (κ3) is 6.25. The van der Waals surface area contributed by atoms with E-state index in [0.29, 0.717) is 23.9 Å². The van der Waals surface area contributed by atoms with Gasteiger partial charge in [-0.05, 0) is 24.3 Å². The molecule has 0 atom stereocenters. The maximum absolute atomic E-state index is 11.7. The second-order valence-electron chi connectivity index (χ2n) is 4.44. The van der Waals surface area contributed by atoms with E-state index >= 15 is 0 Å². The van der Waals surface area contributed by atoms with Gasteiger partial charge < -0.3 is 10.6 Å². The van der Waals surface area contributed by atoms with Gasteiger partial charge in [0.25, 0.3) is 5.91 Å². The van der Waals surface area contributed by atoms with Crippen LogP contribution in [0.15, 0.2) is 47.8 Å². The molecular weight excluding hydrogens is 336 g/mol. The van der Waals surface area contributed by atoms with Crippen LogP contribution in [0.2, 0.25) is 5.02 Å². The van der Waals surface area contributed by atoms with E-state index in [-0.39, 0.29) is 17.5 Å². The highest BCUT2D eigenvalue weighted by molar-refractivity contribution is 8.00. The Balaban J connectivity index is 1.61. The lowest BCUT2D eigenvalue weighted by molar-refractivity contribution is -0.118. The molecule has 2 N–H and O–H groups in total. The fraction of sp³-hybridized carbons (Fsp3) is 0.200. The highest BCUT2D eigenvalue weighted by Crippen LogP contribution is 2.19. The SMILES string of the molecule is O=C(CSc1ccc(Cl)cc1)NCCNC(=O)c1cnccn1. The molecule has 23 heavy (non-hydrogen) atoms. The van der Waals surface area contributed by atoms with Gasteiger partial charge in [-0.1, -0.05) is 11.6 Å². The summed E-state index contributed by atoms with van der Waals surface area (Å²) in [7, 11) is 0. The molecule has 0 aliphatic heterocycles. The molecule has 0 bridgehead atoms. The van der Waals surface area contributed by atoms with Gasteiger partial charge in [0.15, 0.2) is 0 Å². The van der Waals surface area contributed by atoms with Crippen LogP contribution >= 0.6 is 23.4 Å². The van der Waals surface area contributed by atoms with Crippen molar-refractivity contribution in [1.29, 1.82) is 0 Å². The second-order valence-corrected chi connectivity index (χ2v) is 5.92. The lowest BCUT2D eigenvalue weighted by Crippen LogP contribution is -2.35. The highest BCUT2D eigenvalue weighted by Gasteiger charge is 2.06. The van der Waals surface area contributed by atoms with Crippen molar-refractivity contribution in [2.75, 3.05) is 18.8 Å². The first-order chi connectivity index (χ1) is 11.1. The first kappa shape index (κ1) is 17.2. The van der Waals surface area contributed by atoms with Gasteiger partial charge in [0, 0.05) is 35.4 Å². The topological polar surface area (TPSA) is 84.0 Å². The van der Waals surface area contributed by atoms with Gasteiger partial charge in [-0.3, -0.25) is 14.6 Å². The normalized spacial score (nSPS) is 10.1. The second kappa shape index (κ2) is 9.12. The number of hydrogen-bond acceptors (Lipinski definition) is 5. The van der Waals surface area contributed by atoms with Gasteiger partial charge in [0.1, 0.15) is 5.69 Å². The molecule has 0 spiro atoms. The van der Waals surface area contributed by atoms with Crippen molar-refractivity contribution < 1.29 is 9.59 Å². The lowest BCUT2D eigenvalue weighted by atomic mass is 10.4. The number of hydrogen-bond donors (Lipinski definition) is 2. The predicted molar refractivity (Wildman–Crippen MR) is 89.6 cm³/mol. The van der Waals surface area contributed by atoms with Crippen molar-refractivity contribution in [3.05, 3.63) is 53.6 Å². The number of aromatic nitrogens is 2. The molecule has 0 fully saturated rings. The number of thioether (sulfide) groups is 1. The number of nitrogens with one attached hydrogen (secondary N) is 2. The summed E-state index contributed by atoms with van der Waals surface area (Å²) >= 11 is 7.22. The van der Waals surface area contributed by atoms with Gasteiger partial charge in [-0.2, -0.15) is 0 Å². The summed E-state index contributed by atoms with van der Waals surface area (Å²) in [6.45, 7) is 0.679. The smallest absolute Gasteiger partial charge is 0.271 e. The van der Waals surface area contributed by atoms with E-state index in [9.17, 15) is 9.59 Å². The average molecular weight is 351 g/mol. The molecule has 2 aromatic rings. The minimum Gasteiger partial charge on any atom is -0.354 e. The largest absolute Gasteiger partial charge is 0.354 e. The number of nitrogens with zero attached hydrogens (tertiary/aromatic N) is 2. The zero-order valence-corrected chi connectivity index (χ0v) is 13.7. The summed E-state index contributed by atoms with van der Waals surface area (Å²) in [6, 6.07) is 7.29. The molecule has 2 rings (SSSR count). The Hall–Kier alpha value is -2.12. The molecular formula is C15H15ClN4O2S. The number of halogens is 1. The van der Waals surface area contributed by atoms with Crippen LogP contribution in [0.3, 0.4) is 0 Å². The highest BCUT2D eigenvalue weighted by atomic mass is 35.5. The number of carbonyl (C=O) groups excluding carboxylic acids is 2. The van der Waals surface area contributed by atoms with Crippen LogP contribution in [0.4, 0.5) is 0 Å². The number of rotatable bonds is 7. The van der Waals surface area contributed by atoms with Gasteiger partial charge in [0.05, 0.1) is 11.9 Å². The summed E-state index contributed by atoms with van der Waals surface area (Å²) in [5, 5.41) is 6.06. The zero-order chi connectivity index (χ0) is 16.5. The van der Waals surface area contributed by atoms with Crippen molar-refractivity contribution in [1.82, 2.24) is 20.6 Å². The molecule has 0 radical (unpaired) electrons. The summed E-state index contributed by atoms with van der Waals surface area (Å²) < 4.78 is 0. The van der Waals surface area contributed by atoms with Gasteiger partial charge in [0.2, 0.25) is 5.91 Å². The Labute approximate surface area is 143 Å². The van der Waals surface area contributed by atoms with Gasteiger partial charge >= 0.3 is 0 Å². The Morgan fingerprint density at radius 2 is 1.83 bits per heavy atom. The number of benzene rings is 1. The Morgan fingerprint density at radius 3 is 2.52 bits per heavy atom. The van der Waals surface area contributed by atoms with Crippen LogP contribution in [0.5, 0.6) is 0 Å². The first-order valence-corrected chi connectivity index (χ1v) is 8.21. The molecule has 0 saturated carbocycles. The fourth-order valence-electron chi connectivity index (χ4n) is 1.62. The molecule has 0 aliphatic rings. The molecule has 1 aromatic carbocycles. The summed E-state index contributed by atoms with van der Waals surface area (Å²) in [4.78, 5) is 32.1. The van der Waals surface area contributed by atoms with Crippen molar-refractivity contribution in [2.24, 2.45) is 0 Å². The van der Waals surface area contributed by atoms with Crippen LogP contribution in [-0.4, -0.2) is 40.6 Å². The molecule has 1 aromatic heterocycles. The van der Waals surface area contributed by atoms with E-state index in [4.69, 9.17) is 11.6 Å². The van der Waals surface area contributed by atoms with Crippen LogP contribution in [0.25, 0.3) is 0 Å². The minimum atomic E-state index is -0.317. The summed E-state index contributed by atoms with van der Waals surface area (Å²) in [5.74, 6) is -0.110. The van der Waals surface area contributed by atoms with E-state index in [1.807, 2.05) is 12.1 Å². The van der Waals surface area contributed by atoms with E-state index in [1.54, 1.807) is 12.1 Å². The van der Waals surface area contributed by atoms with Crippen molar-refractivity contribution in [3.8, 4) is 0 Å². The quantitative estimate of drug-likeness (QED) is 0.587. The Bertz CT molecular complexity index is 652. The van der Waals surface area contributed by atoms with E-state index < -0.39 is 0 Å². The molecule has 6 nitrogen and oxygen atoms in total. The van der Waals surface area contributed by atoms with Crippen molar-refractivity contribution in [2.45, 2.75) is 4.90 Å². The number of amides is 2. The predicted octanol–water partition coefficient (Wildman–Crippen LogP) is 1.77. The first-order valence-electron chi connectivity index (χ1n) is 6.84. The van der Waals surface area contributed by atoms with E-state index in [2.05, 4.69) is 20.6 Å². The molecule has 0 saturated heterocycles. The standard InChI is InChI=1S/C15H15ClN4O2S/c16-11-1-3-12(4-2-11)23-10-14(21)19-7-8-20-15(22)13-9-17-5-6-18-13/h1-6,9H,7-8,10H2,(H,19,21)(H,20,22). The molecule has 1 heterocycles. The van der Waals surface area contributed by atoms with Crippen molar-refractivity contribution >= 4 is 35.2 Å². The Kier molecular flexibility index (Phi) is 6.83. The fourth-order valence-corrected chi connectivity index (χ4v) is 2.47. The van der Waals surface area contributed by atoms with Crippen LogP contribution < -0.4 is 10.6 Å². The van der Waals surface area contributed by atoms with Crippen LogP contribution in [-0.2, 0) is 4.79 Å². The summed E-state index contributed by atoms with van der Waals surface area (Å²) in [5.41, 5.74) is 0.247. The van der Waals surface area contributed by atoms with Crippen LogP contribution in [0.1, 0.15) is 10.5 Å². The van der Waals surface area contributed by atoms with Crippen molar-refractivity contribution in [3.63, 3.8) is 0 Å². The maximum Gasteiger partial charge on any atom is 0.271 e. The monoisotopic (exact) mass is 350 g/mol. The van der Waals surface area contributed by atoms with E-state index in [1.165, 1.54) is 30.4 Å². The van der Waals surface area contributed by atoms with Crippen LogP contribution in [0, 0.1) is 0 Å². The third-order valence-electron chi connectivity index (χ3n) is 2.71. The average Bonchev–Trinajstić information content (AvgIpc) is 2.59. The molecule has 0 unspecified atom stereocenters. The molecule has 0 aliphatic carbocycles. The number of carbonyl (C=O) groups is 2. The maximum atomic E-state index is 11.7. The summed E-state index contributed by atoms with van der Waals surface area (Å²) in [6.07, 6.45) is 4.33. The minimum absolute atomic E-state index is 0.0984. The molecule has 2 amide bonds. The lowest BCUT2D eigenvalue weighted by Gasteiger charge is -2.06.